The molecule has 24 heavy (non-hydrogen) atoms. The van der Waals surface area contributed by atoms with Crippen LogP contribution < -0.4 is 21.1 Å². The minimum atomic E-state index is -4.87. The number of rotatable bonds is 4. The maximum atomic E-state index is 12.4. The number of carbonyl (C=O) groups is 2. The van der Waals surface area contributed by atoms with E-state index in [1.165, 1.54) is 42.5 Å². The first-order chi connectivity index (χ1) is 11.2. The number of nitrogens with one attached hydrogen (secondary N) is 2. The molecule has 126 valence electrons. The van der Waals surface area contributed by atoms with Gasteiger partial charge >= 0.3 is 12.4 Å². The number of anilines is 2. The molecule has 0 unspecified atom stereocenters. The number of benzene rings is 2. The number of carbonyl (C=O) groups excluding carboxylic acids is 2. The lowest BCUT2D eigenvalue weighted by atomic mass is 10.2. The molecule has 0 spiro atoms. The summed E-state index contributed by atoms with van der Waals surface area (Å²) in [5.74, 6) is -1.16. The fourth-order valence-corrected chi connectivity index (χ4v) is 1.83. The van der Waals surface area contributed by atoms with Crippen molar-refractivity contribution in [3.05, 3.63) is 54.1 Å². The van der Waals surface area contributed by atoms with Gasteiger partial charge in [0.1, 0.15) is 0 Å². The quantitative estimate of drug-likeness (QED) is 0.797. The van der Waals surface area contributed by atoms with E-state index in [1.54, 1.807) is 0 Å². The number of hydrogen-bond donors (Lipinski definition) is 3. The zero-order chi connectivity index (χ0) is 17.7. The molecule has 3 amide bonds. The first-order valence-electron chi connectivity index (χ1n) is 6.57. The summed E-state index contributed by atoms with van der Waals surface area (Å²) in [6.45, 7) is 0. The third-order valence-electron chi connectivity index (χ3n) is 2.78. The van der Waals surface area contributed by atoms with Gasteiger partial charge in [-0.2, -0.15) is 0 Å². The average molecular weight is 339 g/mol. The van der Waals surface area contributed by atoms with Crippen LogP contribution in [-0.2, 0) is 0 Å². The Morgan fingerprint density at radius 3 is 2.17 bits per heavy atom. The Balaban J connectivity index is 2.14. The summed E-state index contributed by atoms with van der Waals surface area (Å²) in [5.41, 5.74) is 5.38. The summed E-state index contributed by atoms with van der Waals surface area (Å²) in [7, 11) is 0. The van der Waals surface area contributed by atoms with Gasteiger partial charge < -0.3 is 21.1 Å². The van der Waals surface area contributed by atoms with Gasteiger partial charge in [-0.3, -0.25) is 4.79 Å². The molecule has 0 aliphatic rings. The molecule has 9 heteroatoms. The van der Waals surface area contributed by atoms with Crippen molar-refractivity contribution in [2.75, 3.05) is 10.6 Å². The lowest BCUT2D eigenvalue weighted by Crippen LogP contribution is -2.20. The van der Waals surface area contributed by atoms with Crippen molar-refractivity contribution >= 4 is 23.3 Å². The molecule has 0 aliphatic carbocycles. The van der Waals surface area contributed by atoms with Crippen molar-refractivity contribution in [3.63, 3.8) is 0 Å². The first-order valence-corrected chi connectivity index (χ1v) is 6.57. The molecule has 0 fully saturated rings. The molecule has 0 heterocycles. The molecule has 0 aliphatic heterocycles. The van der Waals surface area contributed by atoms with Crippen molar-refractivity contribution in [3.8, 4) is 5.75 Å². The van der Waals surface area contributed by atoms with Crippen LogP contribution in [0.3, 0.4) is 0 Å². The van der Waals surface area contributed by atoms with E-state index in [4.69, 9.17) is 5.73 Å². The minimum absolute atomic E-state index is 0.126. The lowest BCUT2D eigenvalue weighted by molar-refractivity contribution is -0.274. The van der Waals surface area contributed by atoms with E-state index in [0.29, 0.717) is 5.69 Å². The van der Waals surface area contributed by atoms with E-state index in [0.717, 1.165) is 6.07 Å². The van der Waals surface area contributed by atoms with Gasteiger partial charge in [-0.25, -0.2) is 4.79 Å². The standard InChI is InChI=1S/C15H12F3N3O3/c16-15(17,18)24-12-4-2-1-3-11(12)21-13(22)9-5-7-10(8-6-9)20-14(19)23/h1-8H,(H,21,22)(H3,19,20,23). The monoisotopic (exact) mass is 339 g/mol. The fourth-order valence-electron chi connectivity index (χ4n) is 1.83. The van der Waals surface area contributed by atoms with Gasteiger partial charge in [0, 0.05) is 11.3 Å². The summed E-state index contributed by atoms with van der Waals surface area (Å²) < 4.78 is 40.9. The van der Waals surface area contributed by atoms with Crippen LogP contribution in [0.25, 0.3) is 0 Å². The normalized spacial score (nSPS) is 10.8. The highest BCUT2D eigenvalue weighted by atomic mass is 19.4. The van der Waals surface area contributed by atoms with E-state index >= 15 is 0 Å². The maximum Gasteiger partial charge on any atom is 0.573 e. The van der Waals surface area contributed by atoms with Crippen LogP contribution in [0.2, 0.25) is 0 Å². The van der Waals surface area contributed by atoms with Crippen LogP contribution in [0.4, 0.5) is 29.3 Å². The third-order valence-corrected chi connectivity index (χ3v) is 2.78. The molecule has 6 nitrogen and oxygen atoms in total. The molecule has 0 saturated heterocycles. The molecule has 2 rings (SSSR count). The molecular formula is C15H12F3N3O3. The molecule has 2 aromatic carbocycles. The topological polar surface area (TPSA) is 93.5 Å². The van der Waals surface area contributed by atoms with Crippen LogP contribution in [0.15, 0.2) is 48.5 Å². The van der Waals surface area contributed by atoms with Gasteiger partial charge in [0.2, 0.25) is 0 Å². The number of amides is 3. The second-order valence-electron chi connectivity index (χ2n) is 4.56. The van der Waals surface area contributed by atoms with E-state index < -0.39 is 24.1 Å². The Bertz CT molecular complexity index is 746. The van der Waals surface area contributed by atoms with E-state index in [1.807, 2.05) is 0 Å². The smallest absolute Gasteiger partial charge is 0.404 e. The summed E-state index contributed by atoms with van der Waals surface area (Å²) in [4.78, 5) is 22.8. The van der Waals surface area contributed by atoms with E-state index in [-0.39, 0.29) is 11.3 Å². The zero-order valence-corrected chi connectivity index (χ0v) is 12.1. The summed E-state index contributed by atoms with van der Waals surface area (Å²) >= 11 is 0. The second-order valence-corrected chi connectivity index (χ2v) is 4.56. The highest BCUT2D eigenvalue weighted by Crippen LogP contribution is 2.30. The van der Waals surface area contributed by atoms with Gasteiger partial charge in [-0.1, -0.05) is 12.1 Å². The zero-order valence-electron chi connectivity index (χ0n) is 12.1. The highest BCUT2D eigenvalue weighted by Gasteiger charge is 2.32. The molecular weight excluding hydrogens is 327 g/mol. The third kappa shape index (κ3) is 4.90. The van der Waals surface area contributed by atoms with Gasteiger partial charge in [-0.05, 0) is 36.4 Å². The number of hydrogen-bond acceptors (Lipinski definition) is 3. The number of halogens is 3. The summed E-state index contributed by atoms with van der Waals surface area (Å²) in [5, 5.41) is 4.65. The predicted molar refractivity (Wildman–Crippen MR) is 80.7 cm³/mol. The Kier molecular flexibility index (Phi) is 4.93. The predicted octanol–water partition coefficient (Wildman–Crippen LogP) is 3.33. The minimum Gasteiger partial charge on any atom is -0.404 e. The lowest BCUT2D eigenvalue weighted by Gasteiger charge is -2.14. The molecule has 0 radical (unpaired) electrons. The van der Waals surface area contributed by atoms with Crippen LogP contribution in [0.5, 0.6) is 5.75 Å². The van der Waals surface area contributed by atoms with Crippen LogP contribution >= 0.6 is 0 Å². The summed E-state index contributed by atoms with van der Waals surface area (Å²) in [6, 6.07) is 10.0. The molecule has 0 saturated carbocycles. The van der Waals surface area contributed by atoms with Gasteiger partial charge in [0.25, 0.3) is 5.91 Å². The Labute approximate surface area is 134 Å². The van der Waals surface area contributed by atoms with Crippen LogP contribution in [-0.4, -0.2) is 18.3 Å². The Morgan fingerprint density at radius 1 is 0.958 bits per heavy atom. The highest BCUT2D eigenvalue weighted by molar-refractivity contribution is 6.05. The van der Waals surface area contributed by atoms with E-state index in [9.17, 15) is 22.8 Å². The molecule has 2 aromatic rings. The average Bonchev–Trinajstić information content (AvgIpc) is 2.48. The number of alkyl halides is 3. The van der Waals surface area contributed by atoms with Crippen LogP contribution in [0.1, 0.15) is 10.4 Å². The maximum absolute atomic E-state index is 12.4. The molecule has 4 N–H and O–H groups in total. The number of para-hydroxylation sites is 2. The second kappa shape index (κ2) is 6.90. The molecule has 0 bridgehead atoms. The van der Waals surface area contributed by atoms with Gasteiger partial charge in [0.05, 0.1) is 5.69 Å². The summed E-state index contributed by atoms with van der Waals surface area (Å²) in [6.07, 6.45) is -4.87. The van der Waals surface area contributed by atoms with Crippen molar-refractivity contribution < 1.29 is 27.5 Å². The Morgan fingerprint density at radius 2 is 1.58 bits per heavy atom. The SMILES string of the molecule is NC(=O)Nc1ccc(C(=O)Nc2ccccc2OC(F)(F)F)cc1. The fraction of sp³-hybridized carbons (Fsp3) is 0.0667. The number of primary amides is 1. The molecule has 0 atom stereocenters. The van der Waals surface area contributed by atoms with Crippen molar-refractivity contribution in [2.24, 2.45) is 5.73 Å². The number of nitrogens with two attached hydrogens (primary N) is 1. The van der Waals surface area contributed by atoms with Gasteiger partial charge in [0.15, 0.2) is 5.75 Å². The molecule has 0 aromatic heterocycles. The van der Waals surface area contributed by atoms with Crippen molar-refractivity contribution in [2.45, 2.75) is 6.36 Å². The number of ether oxygens (including phenoxy) is 1. The van der Waals surface area contributed by atoms with Crippen molar-refractivity contribution in [1.29, 1.82) is 0 Å². The largest absolute Gasteiger partial charge is 0.573 e. The first kappa shape index (κ1) is 17.1. The van der Waals surface area contributed by atoms with Crippen molar-refractivity contribution in [1.82, 2.24) is 0 Å². The number of urea groups is 1. The Hall–Kier alpha value is -3.23. The van der Waals surface area contributed by atoms with E-state index in [2.05, 4.69) is 15.4 Å². The van der Waals surface area contributed by atoms with Crippen LogP contribution in [0, 0.1) is 0 Å². The van der Waals surface area contributed by atoms with Gasteiger partial charge in [-0.15, -0.1) is 13.2 Å².